The molecule has 1 aliphatic rings. The number of carbonyl (C=O) groups excluding carboxylic acids is 2. The van der Waals surface area contributed by atoms with Gasteiger partial charge in [0.25, 0.3) is 0 Å². The highest BCUT2D eigenvalue weighted by Crippen LogP contribution is 2.27. The summed E-state index contributed by atoms with van der Waals surface area (Å²) in [5, 5.41) is 6.75. The molecule has 2 aromatic rings. The first-order valence-corrected chi connectivity index (χ1v) is 8.71. The van der Waals surface area contributed by atoms with Gasteiger partial charge in [-0.25, -0.2) is 0 Å². The summed E-state index contributed by atoms with van der Waals surface area (Å²) in [7, 11) is 0. The fourth-order valence-electron chi connectivity index (χ4n) is 3.00. The summed E-state index contributed by atoms with van der Waals surface area (Å²) in [6.07, 6.45) is 6.06. The predicted octanol–water partition coefficient (Wildman–Crippen LogP) is 5.18. The van der Waals surface area contributed by atoms with Crippen LogP contribution in [0.1, 0.15) is 47.4 Å². The lowest BCUT2D eigenvalue weighted by molar-refractivity contribution is 0.101. The van der Waals surface area contributed by atoms with E-state index in [1.807, 2.05) is 48.5 Å². The summed E-state index contributed by atoms with van der Waals surface area (Å²) in [5.41, 5.74) is 4.68. The molecule has 3 rings (SSSR count). The third-order valence-corrected chi connectivity index (χ3v) is 4.31. The molecule has 0 heterocycles. The van der Waals surface area contributed by atoms with Crippen molar-refractivity contribution in [2.45, 2.75) is 26.7 Å². The zero-order valence-corrected chi connectivity index (χ0v) is 15.0. The van der Waals surface area contributed by atoms with Crippen LogP contribution in [0.25, 0.3) is 0 Å². The minimum absolute atomic E-state index is 0.0184. The summed E-state index contributed by atoms with van der Waals surface area (Å²) >= 11 is 0. The van der Waals surface area contributed by atoms with Gasteiger partial charge in [0.2, 0.25) is 0 Å². The van der Waals surface area contributed by atoms with Crippen LogP contribution in [0.15, 0.2) is 72.1 Å². The molecule has 0 atom stereocenters. The largest absolute Gasteiger partial charge is 0.354 e. The standard InChI is InChI=1S/C22H22N2O2/c1-15(25)17-9-3-5-11-19(17)23-21-13-7-8-14-22(21)24-20-12-6-4-10-18(20)16(2)26/h3-6,9-14,23-24H,7-8H2,1-2H3. The maximum absolute atomic E-state index is 11.9. The molecule has 0 spiro atoms. The van der Waals surface area contributed by atoms with Crippen LogP contribution in [0.5, 0.6) is 0 Å². The molecule has 0 radical (unpaired) electrons. The SMILES string of the molecule is CC(=O)c1ccccc1NC1=CCCC=C1Nc1ccccc1C(C)=O. The predicted molar refractivity (Wildman–Crippen MR) is 106 cm³/mol. The van der Waals surface area contributed by atoms with Crippen LogP contribution in [0.3, 0.4) is 0 Å². The Labute approximate surface area is 153 Å². The van der Waals surface area contributed by atoms with Crippen LogP contribution in [-0.4, -0.2) is 11.6 Å². The Bertz CT molecular complexity index is 834. The Morgan fingerprint density at radius 1 is 0.692 bits per heavy atom. The molecule has 0 fully saturated rings. The van der Waals surface area contributed by atoms with Crippen LogP contribution in [0.2, 0.25) is 0 Å². The van der Waals surface area contributed by atoms with E-state index < -0.39 is 0 Å². The van der Waals surface area contributed by atoms with E-state index in [0.717, 1.165) is 35.6 Å². The third kappa shape index (κ3) is 3.91. The number of carbonyl (C=O) groups is 2. The molecule has 1 aliphatic carbocycles. The van der Waals surface area contributed by atoms with E-state index in [0.29, 0.717) is 11.1 Å². The van der Waals surface area contributed by atoms with Gasteiger partial charge in [0.05, 0.1) is 11.4 Å². The van der Waals surface area contributed by atoms with Crippen molar-refractivity contribution in [1.29, 1.82) is 0 Å². The van der Waals surface area contributed by atoms with Crippen LogP contribution in [0.4, 0.5) is 11.4 Å². The third-order valence-electron chi connectivity index (χ3n) is 4.31. The first kappa shape index (κ1) is 17.7. The second-order valence-electron chi connectivity index (χ2n) is 6.27. The smallest absolute Gasteiger partial charge is 0.161 e. The van der Waals surface area contributed by atoms with Gasteiger partial charge in [0.1, 0.15) is 0 Å². The molecule has 0 aliphatic heterocycles. The monoisotopic (exact) mass is 346 g/mol. The maximum atomic E-state index is 11.9. The van der Waals surface area contributed by atoms with E-state index in [2.05, 4.69) is 22.8 Å². The van der Waals surface area contributed by atoms with E-state index >= 15 is 0 Å². The van der Waals surface area contributed by atoms with Gasteiger partial charge in [-0.15, -0.1) is 0 Å². The molecule has 0 saturated heterocycles. The zero-order valence-electron chi connectivity index (χ0n) is 15.0. The Kier molecular flexibility index (Phi) is 5.32. The molecule has 4 nitrogen and oxygen atoms in total. The van der Waals surface area contributed by atoms with Crippen molar-refractivity contribution in [3.63, 3.8) is 0 Å². The van der Waals surface area contributed by atoms with Gasteiger partial charge in [-0.1, -0.05) is 36.4 Å². The fraction of sp³-hybridized carbons (Fsp3) is 0.182. The number of benzene rings is 2. The van der Waals surface area contributed by atoms with Crippen LogP contribution in [0, 0.1) is 0 Å². The number of rotatable bonds is 6. The summed E-state index contributed by atoms with van der Waals surface area (Å²) < 4.78 is 0. The minimum atomic E-state index is 0.0184. The number of ketones is 2. The average Bonchev–Trinajstić information content (AvgIpc) is 2.64. The minimum Gasteiger partial charge on any atom is -0.354 e. The highest BCUT2D eigenvalue weighted by molar-refractivity contribution is 6.00. The number of para-hydroxylation sites is 2. The second kappa shape index (κ2) is 7.83. The molecule has 0 unspecified atom stereocenters. The topological polar surface area (TPSA) is 58.2 Å². The molecule has 26 heavy (non-hydrogen) atoms. The number of nitrogens with one attached hydrogen (secondary N) is 2. The van der Waals surface area contributed by atoms with Crippen LogP contribution < -0.4 is 10.6 Å². The maximum Gasteiger partial charge on any atom is 0.161 e. The highest BCUT2D eigenvalue weighted by atomic mass is 16.1. The van der Waals surface area contributed by atoms with Crippen molar-refractivity contribution in [1.82, 2.24) is 0 Å². The van der Waals surface area contributed by atoms with E-state index in [1.54, 1.807) is 13.8 Å². The first-order chi connectivity index (χ1) is 12.6. The van der Waals surface area contributed by atoms with Gasteiger partial charge < -0.3 is 10.6 Å². The quantitative estimate of drug-likeness (QED) is 0.708. The lowest BCUT2D eigenvalue weighted by atomic mass is 10.0. The Morgan fingerprint density at radius 3 is 1.46 bits per heavy atom. The normalized spacial score (nSPS) is 13.5. The first-order valence-electron chi connectivity index (χ1n) is 8.71. The van der Waals surface area contributed by atoms with Crippen molar-refractivity contribution in [2.75, 3.05) is 10.6 Å². The van der Waals surface area contributed by atoms with Gasteiger partial charge in [-0.3, -0.25) is 9.59 Å². The molecule has 2 N–H and O–H groups in total. The number of allylic oxidation sites excluding steroid dienone is 2. The van der Waals surface area contributed by atoms with Gasteiger partial charge >= 0.3 is 0 Å². The van der Waals surface area contributed by atoms with Crippen molar-refractivity contribution >= 4 is 22.9 Å². The lowest BCUT2D eigenvalue weighted by Gasteiger charge is -2.22. The molecule has 0 aromatic heterocycles. The number of anilines is 2. The molecule has 0 bridgehead atoms. The molecule has 132 valence electrons. The molecule has 2 aromatic carbocycles. The van der Waals surface area contributed by atoms with Crippen molar-refractivity contribution in [3.05, 3.63) is 83.2 Å². The Morgan fingerprint density at radius 2 is 1.08 bits per heavy atom. The highest BCUT2D eigenvalue weighted by Gasteiger charge is 2.15. The van der Waals surface area contributed by atoms with E-state index in [9.17, 15) is 9.59 Å². The van der Waals surface area contributed by atoms with Gasteiger partial charge in [0, 0.05) is 22.5 Å². The summed E-state index contributed by atoms with van der Waals surface area (Å²) in [6.45, 7) is 3.13. The number of Topliss-reactive ketones (excluding diaryl/α,β-unsaturated/α-hetero) is 2. The van der Waals surface area contributed by atoms with Crippen LogP contribution in [-0.2, 0) is 0 Å². The van der Waals surface area contributed by atoms with E-state index in [1.165, 1.54) is 0 Å². The van der Waals surface area contributed by atoms with Gasteiger partial charge in [-0.05, 0) is 51.0 Å². The second-order valence-corrected chi connectivity index (χ2v) is 6.27. The summed E-state index contributed by atoms with van der Waals surface area (Å²) in [5.74, 6) is 0.0369. The molecular formula is C22H22N2O2. The lowest BCUT2D eigenvalue weighted by Crippen LogP contribution is -2.15. The van der Waals surface area contributed by atoms with Gasteiger partial charge in [0.15, 0.2) is 11.6 Å². The van der Waals surface area contributed by atoms with E-state index in [4.69, 9.17) is 0 Å². The van der Waals surface area contributed by atoms with Crippen molar-refractivity contribution in [2.24, 2.45) is 0 Å². The van der Waals surface area contributed by atoms with Crippen LogP contribution >= 0.6 is 0 Å². The number of hydrogen-bond donors (Lipinski definition) is 2. The molecule has 0 amide bonds. The van der Waals surface area contributed by atoms with E-state index in [-0.39, 0.29) is 11.6 Å². The zero-order chi connectivity index (χ0) is 18.5. The average molecular weight is 346 g/mol. The van der Waals surface area contributed by atoms with Crippen molar-refractivity contribution in [3.8, 4) is 0 Å². The van der Waals surface area contributed by atoms with Crippen molar-refractivity contribution < 1.29 is 9.59 Å². The fourth-order valence-corrected chi connectivity index (χ4v) is 3.00. The Hall–Kier alpha value is -3.14. The molecular weight excluding hydrogens is 324 g/mol. The Balaban J connectivity index is 1.87. The van der Waals surface area contributed by atoms with Gasteiger partial charge in [-0.2, -0.15) is 0 Å². The number of hydrogen-bond acceptors (Lipinski definition) is 4. The summed E-state index contributed by atoms with van der Waals surface area (Å²) in [6, 6.07) is 14.9. The molecule has 0 saturated carbocycles. The molecule has 4 heteroatoms. The summed E-state index contributed by atoms with van der Waals surface area (Å²) in [4.78, 5) is 23.7.